The monoisotopic (exact) mass is 298 g/mol. The lowest BCUT2D eigenvalue weighted by Gasteiger charge is -2.01. The molecule has 0 aliphatic heterocycles. The van der Waals surface area contributed by atoms with Crippen molar-refractivity contribution in [3.8, 4) is 0 Å². The molecule has 0 rings (SSSR count). The van der Waals surface area contributed by atoms with Gasteiger partial charge < -0.3 is 0 Å². The van der Waals surface area contributed by atoms with Gasteiger partial charge in [-0.1, -0.05) is 50.9 Å². The molecule has 0 radical (unpaired) electrons. The van der Waals surface area contributed by atoms with Gasteiger partial charge in [0.15, 0.2) is 0 Å². The van der Waals surface area contributed by atoms with Crippen molar-refractivity contribution in [3.63, 3.8) is 0 Å². The van der Waals surface area contributed by atoms with Gasteiger partial charge in [-0.05, 0) is 59.8 Å². The Morgan fingerprint density at radius 2 is 1.24 bits per heavy atom. The average Bonchev–Trinajstić information content (AvgIpc) is 2.25. The lowest BCUT2D eigenvalue weighted by atomic mass is 10.1. The molecular formula is C16H27Br. The van der Waals surface area contributed by atoms with E-state index in [0.29, 0.717) is 0 Å². The molecular weight excluding hydrogens is 272 g/mol. The molecule has 0 aliphatic carbocycles. The van der Waals surface area contributed by atoms with Crippen LogP contribution >= 0.6 is 15.9 Å². The molecule has 0 atom stereocenters. The quantitative estimate of drug-likeness (QED) is 0.370. The molecule has 0 aromatic carbocycles. The van der Waals surface area contributed by atoms with Gasteiger partial charge in [0.05, 0.1) is 0 Å². The van der Waals surface area contributed by atoms with Gasteiger partial charge in [-0.2, -0.15) is 0 Å². The van der Waals surface area contributed by atoms with Crippen LogP contribution in [0.1, 0.15) is 59.8 Å². The first-order valence-electron chi connectivity index (χ1n) is 6.57. The van der Waals surface area contributed by atoms with E-state index < -0.39 is 0 Å². The second kappa shape index (κ2) is 10.8. The summed E-state index contributed by atoms with van der Waals surface area (Å²) >= 11 is 3.45. The summed E-state index contributed by atoms with van der Waals surface area (Å²) < 4.78 is 0. The predicted octanol–water partition coefficient (Wildman–Crippen LogP) is 6.19. The highest BCUT2D eigenvalue weighted by molar-refractivity contribution is 9.09. The van der Waals surface area contributed by atoms with Gasteiger partial charge in [0.2, 0.25) is 0 Å². The Labute approximate surface area is 116 Å². The fourth-order valence-electron chi connectivity index (χ4n) is 1.64. The van der Waals surface area contributed by atoms with E-state index in [4.69, 9.17) is 0 Å². The molecule has 0 N–H and O–H groups in total. The third-order valence-corrected chi connectivity index (χ3v) is 3.18. The van der Waals surface area contributed by atoms with Crippen molar-refractivity contribution in [2.45, 2.75) is 59.8 Å². The second-order valence-corrected chi connectivity index (χ2v) is 5.73. The van der Waals surface area contributed by atoms with Crippen LogP contribution in [-0.4, -0.2) is 5.33 Å². The maximum Gasteiger partial charge on any atom is 0.00660 e. The maximum atomic E-state index is 3.45. The summed E-state index contributed by atoms with van der Waals surface area (Å²) in [5, 5.41) is 1.07. The van der Waals surface area contributed by atoms with Crippen molar-refractivity contribution in [2.75, 3.05) is 5.33 Å². The van der Waals surface area contributed by atoms with Crippen molar-refractivity contribution < 1.29 is 0 Å². The zero-order valence-corrected chi connectivity index (χ0v) is 13.4. The van der Waals surface area contributed by atoms with Crippen LogP contribution in [0.5, 0.6) is 0 Å². The Morgan fingerprint density at radius 1 is 0.765 bits per heavy atom. The molecule has 0 saturated heterocycles. The van der Waals surface area contributed by atoms with Crippen molar-refractivity contribution in [3.05, 3.63) is 34.9 Å². The van der Waals surface area contributed by atoms with Gasteiger partial charge >= 0.3 is 0 Å². The van der Waals surface area contributed by atoms with Gasteiger partial charge in [-0.3, -0.25) is 0 Å². The average molecular weight is 299 g/mol. The van der Waals surface area contributed by atoms with Crippen molar-refractivity contribution in [2.24, 2.45) is 0 Å². The number of hydrogen-bond acceptors (Lipinski definition) is 0. The number of rotatable bonds is 8. The molecule has 0 aromatic heterocycles. The number of alkyl halides is 1. The highest BCUT2D eigenvalue weighted by Gasteiger charge is 1.91. The summed E-state index contributed by atoms with van der Waals surface area (Å²) in [6, 6.07) is 0. The minimum Gasteiger partial charge on any atom is -0.0925 e. The minimum absolute atomic E-state index is 1.07. The van der Waals surface area contributed by atoms with Crippen LogP contribution in [0.4, 0.5) is 0 Å². The molecule has 0 unspecified atom stereocenters. The molecule has 0 nitrogen and oxygen atoms in total. The van der Waals surface area contributed by atoms with Gasteiger partial charge in [0, 0.05) is 5.33 Å². The highest BCUT2D eigenvalue weighted by atomic mass is 79.9. The van der Waals surface area contributed by atoms with E-state index in [1.165, 1.54) is 42.4 Å². The molecule has 0 fully saturated rings. The van der Waals surface area contributed by atoms with E-state index in [9.17, 15) is 0 Å². The zero-order valence-electron chi connectivity index (χ0n) is 11.9. The Morgan fingerprint density at radius 3 is 1.71 bits per heavy atom. The third-order valence-electron chi connectivity index (χ3n) is 2.72. The normalized spacial score (nSPS) is 12.8. The highest BCUT2D eigenvalue weighted by Crippen LogP contribution is 2.11. The molecule has 0 spiro atoms. The molecule has 0 aliphatic rings. The lowest BCUT2D eigenvalue weighted by Crippen LogP contribution is -1.81. The summed E-state index contributed by atoms with van der Waals surface area (Å²) in [4.78, 5) is 0. The van der Waals surface area contributed by atoms with E-state index in [-0.39, 0.29) is 0 Å². The van der Waals surface area contributed by atoms with E-state index in [1.54, 1.807) is 0 Å². The minimum atomic E-state index is 1.07. The van der Waals surface area contributed by atoms with Crippen molar-refractivity contribution in [1.82, 2.24) is 0 Å². The van der Waals surface area contributed by atoms with E-state index in [2.05, 4.69) is 61.9 Å². The van der Waals surface area contributed by atoms with Crippen LogP contribution in [0.15, 0.2) is 34.9 Å². The lowest BCUT2D eigenvalue weighted by molar-refractivity contribution is 0.913. The Bertz CT molecular complexity index is 278. The first-order chi connectivity index (χ1) is 8.06. The number of allylic oxidation sites excluding steroid dienone is 6. The van der Waals surface area contributed by atoms with Gasteiger partial charge in [-0.15, -0.1) is 0 Å². The van der Waals surface area contributed by atoms with Crippen molar-refractivity contribution in [1.29, 1.82) is 0 Å². The zero-order chi connectivity index (χ0) is 13.1. The summed E-state index contributed by atoms with van der Waals surface area (Å²) in [6.07, 6.45) is 13.0. The van der Waals surface area contributed by atoms with E-state index in [0.717, 1.165) is 11.8 Å². The van der Waals surface area contributed by atoms with Gasteiger partial charge in [0.25, 0.3) is 0 Å². The summed E-state index contributed by atoms with van der Waals surface area (Å²) in [5.41, 5.74) is 4.46. The molecule has 0 bridgehead atoms. The third kappa shape index (κ3) is 12.0. The second-order valence-electron chi connectivity index (χ2n) is 4.94. The SMILES string of the molecule is CC(C)=CCCC(C)=CCCC(C)=CCCBr. The molecule has 1 heteroatoms. The molecule has 98 valence electrons. The fourth-order valence-corrected chi connectivity index (χ4v) is 1.87. The van der Waals surface area contributed by atoms with Crippen LogP contribution in [0.2, 0.25) is 0 Å². The molecule has 0 heterocycles. The summed E-state index contributed by atoms with van der Waals surface area (Å²) in [6.45, 7) is 8.81. The largest absolute Gasteiger partial charge is 0.0925 e. The fraction of sp³-hybridized carbons (Fsp3) is 0.625. The molecule has 0 amide bonds. The van der Waals surface area contributed by atoms with Crippen LogP contribution in [-0.2, 0) is 0 Å². The van der Waals surface area contributed by atoms with Gasteiger partial charge in [-0.25, -0.2) is 0 Å². The van der Waals surface area contributed by atoms with Crippen LogP contribution < -0.4 is 0 Å². The number of halogens is 1. The Kier molecular flexibility index (Phi) is 10.6. The van der Waals surface area contributed by atoms with Crippen LogP contribution in [0, 0.1) is 0 Å². The standard InChI is InChI=1S/C16H27Br/c1-14(2)8-5-9-15(3)10-6-11-16(4)12-7-13-17/h8,10,12H,5-7,9,11,13H2,1-4H3. The first kappa shape index (κ1) is 16.7. The Hall–Kier alpha value is -0.300. The maximum absolute atomic E-state index is 3.45. The summed E-state index contributed by atoms with van der Waals surface area (Å²) in [7, 11) is 0. The van der Waals surface area contributed by atoms with E-state index in [1.807, 2.05) is 0 Å². The van der Waals surface area contributed by atoms with Crippen LogP contribution in [0.3, 0.4) is 0 Å². The number of hydrogen-bond donors (Lipinski definition) is 0. The molecule has 17 heavy (non-hydrogen) atoms. The van der Waals surface area contributed by atoms with Gasteiger partial charge in [0.1, 0.15) is 0 Å². The first-order valence-corrected chi connectivity index (χ1v) is 7.69. The van der Waals surface area contributed by atoms with Crippen molar-refractivity contribution >= 4 is 15.9 Å². The predicted molar refractivity (Wildman–Crippen MR) is 83.8 cm³/mol. The molecule has 0 aromatic rings. The summed E-state index contributed by atoms with van der Waals surface area (Å²) in [5.74, 6) is 0. The Balaban J connectivity index is 3.80. The smallest absolute Gasteiger partial charge is 0.00660 e. The molecule has 0 saturated carbocycles. The topological polar surface area (TPSA) is 0 Å². The van der Waals surface area contributed by atoms with Crippen LogP contribution in [0.25, 0.3) is 0 Å². The van der Waals surface area contributed by atoms with E-state index >= 15 is 0 Å².